The molecule has 0 aromatic heterocycles. The lowest BCUT2D eigenvalue weighted by Crippen LogP contribution is -2.06. The second-order valence-electron chi connectivity index (χ2n) is 2.87. The van der Waals surface area contributed by atoms with E-state index in [1.165, 1.54) is 0 Å². The lowest BCUT2D eigenvalue weighted by atomic mass is 10.1. The normalized spacial score (nSPS) is 13.4. The molecule has 0 aliphatic heterocycles. The number of benzene rings is 1. The molecule has 0 spiro atoms. The molecule has 13 heavy (non-hydrogen) atoms. The third-order valence-electron chi connectivity index (χ3n) is 1.75. The zero-order valence-electron chi connectivity index (χ0n) is 7.43. The summed E-state index contributed by atoms with van der Waals surface area (Å²) in [6.45, 7) is -0.0220. The van der Waals surface area contributed by atoms with Crippen LogP contribution in [0.15, 0.2) is 42.5 Å². The molecule has 0 unspecified atom stereocenters. The van der Waals surface area contributed by atoms with Crippen LogP contribution in [0, 0.1) is 0 Å². The fourth-order valence-electron chi connectivity index (χ4n) is 1.14. The highest BCUT2D eigenvalue weighted by atomic mass is 16.3. The van der Waals surface area contributed by atoms with E-state index < -0.39 is 6.10 Å². The van der Waals surface area contributed by atoms with Gasteiger partial charge >= 0.3 is 0 Å². The number of hydrogen-bond donors (Lipinski definition) is 2. The summed E-state index contributed by atoms with van der Waals surface area (Å²) in [5.74, 6) is 0. The Morgan fingerprint density at radius 2 is 1.92 bits per heavy atom. The van der Waals surface area contributed by atoms with Crippen LogP contribution < -0.4 is 0 Å². The lowest BCUT2D eigenvalue weighted by molar-refractivity contribution is 0.222. The maximum Gasteiger partial charge on any atom is 0.0762 e. The largest absolute Gasteiger partial charge is 0.392 e. The van der Waals surface area contributed by atoms with Gasteiger partial charge in [-0.25, -0.2) is 0 Å². The predicted octanol–water partition coefficient (Wildman–Crippen LogP) is 1.14. The Balaban J connectivity index is 2.45. The number of aliphatic hydroxyl groups excluding tert-OH is 2. The maximum atomic E-state index is 9.44. The first-order chi connectivity index (χ1) is 6.33. The highest BCUT2D eigenvalue weighted by Crippen LogP contribution is 2.03. The zero-order valence-corrected chi connectivity index (χ0v) is 7.43. The van der Waals surface area contributed by atoms with Gasteiger partial charge in [-0.2, -0.15) is 0 Å². The first-order valence-electron chi connectivity index (χ1n) is 4.32. The standard InChI is InChI=1S/C11H14O2/c12-8-4-7-11(13)9-10-5-2-1-3-6-10/h1-7,11-13H,8-9H2/b7-4+/t11-/m0/s1. The minimum atomic E-state index is -0.505. The van der Waals surface area contributed by atoms with Gasteiger partial charge in [-0.05, 0) is 5.56 Å². The summed E-state index contributed by atoms with van der Waals surface area (Å²) in [5.41, 5.74) is 1.09. The Morgan fingerprint density at radius 1 is 1.23 bits per heavy atom. The topological polar surface area (TPSA) is 40.5 Å². The maximum absolute atomic E-state index is 9.44. The number of hydrogen-bond acceptors (Lipinski definition) is 2. The molecular formula is C11H14O2. The first kappa shape index (κ1) is 9.96. The van der Waals surface area contributed by atoms with E-state index in [0.29, 0.717) is 6.42 Å². The van der Waals surface area contributed by atoms with Crippen LogP contribution in [0.25, 0.3) is 0 Å². The molecule has 2 heteroatoms. The van der Waals surface area contributed by atoms with Gasteiger partial charge in [0, 0.05) is 6.42 Å². The molecule has 0 heterocycles. The van der Waals surface area contributed by atoms with Crippen molar-refractivity contribution in [1.29, 1.82) is 0 Å². The van der Waals surface area contributed by atoms with Crippen molar-refractivity contribution in [2.24, 2.45) is 0 Å². The minimum Gasteiger partial charge on any atom is -0.392 e. The highest BCUT2D eigenvalue weighted by molar-refractivity contribution is 5.16. The van der Waals surface area contributed by atoms with E-state index in [4.69, 9.17) is 5.11 Å². The molecule has 1 aromatic carbocycles. The molecule has 70 valence electrons. The van der Waals surface area contributed by atoms with Gasteiger partial charge in [0.2, 0.25) is 0 Å². The van der Waals surface area contributed by atoms with Crippen molar-refractivity contribution in [2.75, 3.05) is 6.61 Å². The molecule has 1 aromatic rings. The highest BCUT2D eigenvalue weighted by Gasteiger charge is 1.99. The van der Waals surface area contributed by atoms with E-state index in [9.17, 15) is 5.11 Å². The van der Waals surface area contributed by atoms with E-state index >= 15 is 0 Å². The van der Waals surface area contributed by atoms with Gasteiger partial charge in [-0.3, -0.25) is 0 Å². The fourth-order valence-corrected chi connectivity index (χ4v) is 1.14. The van der Waals surface area contributed by atoms with Crippen molar-refractivity contribution in [3.63, 3.8) is 0 Å². The minimum absolute atomic E-state index is 0.0220. The third kappa shape index (κ3) is 3.87. The Bertz CT molecular complexity index is 254. The van der Waals surface area contributed by atoms with Gasteiger partial charge < -0.3 is 10.2 Å². The van der Waals surface area contributed by atoms with Crippen molar-refractivity contribution in [2.45, 2.75) is 12.5 Å². The van der Waals surface area contributed by atoms with E-state index in [0.717, 1.165) is 5.56 Å². The number of aliphatic hydroxyl groups is 2. The Labute approximate surface area is 78.2 Å². The smallest absolute Gasteiger partial charge is 0.0762 e. The molecule has 0 aliphatic carbocycles. The third-order valence-corrected chi connectivity index (χ3v) is 1.75. The molecule has 2 nitrogen and oxygen atoms in total. The first-order valence-corrected chi connectivity index (χ1v) is 4.32. The summed E-state index contributed by atoms with van der Waals surface area (Å²) in [4.78, 5) is 0. The Hall–Kier alpha value is -1.12. The molecule has 0 bridgehead atoms. The van der Waals surface area contributed by atoms with Crippen LogP contribution in [0.4, 0.5) is 0 Å². The molecule has 2 N–H and O–H groups in total. The Kier molecular flexibility index (Phi) is 4.23. The van der Waals surface area contributed by atoms with Crippen LogP contribution >= 0.6 is 0 Å². The van der Waals surface area contributed by atoms with Gasteiger partial charge in [-0.15, -0.1) is 0 Å². The molecular weight excluding hydrogens is 164 g/mol. The molecule has 1 rings (SSSR count). The molecule has 0 radical (unpaired) electrons. The van der Waals surface area contributed by atoms with Crippen LogP contribution in [0.5, 0.6) is 0 Å². The van der Waals surface area contributed by atoms with Crippen molar-refractivity contribution in [3.05, 3.63) is 48.0 Å². The summed E-state index contributed by atoms with van der Waals surface area (Å²) in [5, 5.41) is 17.9. The molecule has 0 saturated carbocycles. The molecule has 0 aliphatic rings. The van der Waals surface area contributed by atoms with E-state index in [1.54, 1.807) is 12.2 Å². The summed E-state index contributed by atoms with van der Waals surface area (Å²) in [7, 11) is 0. The molecule has 0 saturated heterocycles. The second kappa shape index (κ2) is 5.51. The number of rotatable bonds is 4. The van der Waals surface area contributed by atoms with E-state index in [2.05, 4.69) is 0 Å². The summed E-state index contributed by atoms with van der Waals surface area (Å²) in [6, 6.07) is 9.76. The predicted molar refractivity (Wildman–Crippen MR) is 52.4 cm³/mol. The lowest BCUT2D eigenvalue weighted by Gasteiger charge is -2.04. The summed E-state index contributed by atoms with van der Waals surface area (Å²) < 4.78 is 0. The van der Waals surface area contributed by atoms with Crippen molar-refractivity contribution >= 4 is 0 Å². The average molecular weight is 178 g/mol. The zero-order chi connectivity index (χ0) is 9.52. The van der Waals surface area contributed by atoms with Crippen LogP contribution in [0.2, 0.25) is 0 Å². The summed E-state index contributed by atoms with van der Waals surface area (Å²) >= 11 is 0. The Morgan fingerprint density at radius 3 is 2.54 bits per heavy atom. The van der Waals surface area contributed by atoms with Gasteiger partial charge in [0.1, 0.15) is 0 Å². The van der Waals surface area contributed by atoms with Gasteiger partial charge in [0.25, 0.3) is 0 Å². The molecule has 0 fully saturated rings. The SMILES string of the molecule is OC/C=C/[C@H](O)Cc1ccccc1. The molecule has 1 atom stereocenters. The van der Waals surface area contributed by atoms with Crippen molar-refractivity contribution < 1.29 is 10.2 Å². The fraction of sp³-hybridized carbons (Fsp3) is 0.273. The van der Waals surface area contributed by atoms with Crippen molar-refractivity contribution in [3.8, 4) is 0 Å². The quantitative estimate of drug-likeness (QED) is 0.679. The van der Waals surface area contributed by atoms with Crippen molar-refractivity contribution in [1.82, 2.24) is 0 Å². The van der Waals surface area contributed by atoms with Crippen LogP contribution in [0.3, 0.4) is 0 Å². The van der Waals surface area contributed by atoms with Gasteiger partial charge in [-0.1, -0.05) is 42.5 Å². The van der Waals surface area contributed by atoms with Crippen LogP contribution in [-0.4, -0.2) is 22.9 Å². The van der Waals surface area contributed by atoms with Gasteiger partial charge in [0.15, 0.2) is 0 Å². The van der Waals surface area contributed by atoms with Crippen LogP contribution in [-0.2, 0) is 6.42 Å². The monoisotopic (exact) mass is 178 g/mol. The summed E-state index contributed by atoms with van der Waals surface area (Å²) in [6.07, 6.45) is 3.24. The average Bonchev–Trinajstić information content (AvgIpc) is 2.16. The van der Waals surface area contributed by atoms with Crippen LogP contribution in [0.1, 0.15) is 5.56 Å². The van der Waals surface area contributed by atoms with E-state index in [1.807, 2.05) is 30.3 Å². The second-order valence-corrected chi connectivity index (χ2v) is 2.87. The van der Waals surface area contributed by atoms with E-state index in [-0.39, 0.29) is 6.61 Å². The van der Waals surface area contributed by atoms with Gasteiger partial charge in [0.05, 0.1) is 12.7 Å². The molecule has 0 amide bonds.